The standard InChI is InChI=1S/C15H26O/c1-10-5-6-15-9-14(4,16)12(15)8-13(2,3)7-11(10)15/h10-12,16H,5-9H2,1-4H3/t10-,11+,12+,14+,15+/m0/s1. The molecule has 3 aliphatic rings. The van der Waals surface area contributed by atoms with Gasteiger partial charge in [-0.2, -0.15) is 0 Å². The lowest BCUT2D eigenvalue weighted by molar-refractivity contribution is -0.237. The highest BCUT2D eigenvalue weighted by Gasteiger charge is 2.68. The molecule has 0 aromatic heterocycles. The van der Waals surface area contributed by atoms with Crippen LogP contribution in [0.2, 0.25) is 0 Å². The summed E-state index contributed by atoms with van der Waals surface area (Å²) in [7, 11) is 0. The van der Waals surface area contributed by atoms with Gasteiger partial charge in [-0.15, -0.1) is 0 Å². The SMILES string of the molecule is C[C@H]1CC[C@]23C[C@@](C)(O)[C@H]2CC(C)(C)C[C@H]13. The molecule has 1 heteroatoms. The van der Waals surface area contributed by atoms with Gasteiger partial charge in [-0.3, -0.25) is 0 Å². The smallest absolute Gasteiger partial charge is 0.0658 e. The molecule has 5 atom stereocenters. The number of rotatable bonds is 0. The topological polar surface area (TPSA) is 20.2 Å². The highest BCUT2D eigenvalue weighted by Crippen LogP contribution is 2.72. The van der Waals surface area contributed by atoms with E-state index in [0.29, 0.717) is 16.7 Å². The molecular formula is C15H26O. The molecule has 0 heterocycles. The summed E-state index contributed by atoms with van der Waals surface area (Å²) in [6.45, 7) is 9.31. The Kier molecular flexibility index (Phi) is 1.98. The summed E-state index contributed by atoms with van der Waals surface area (Å²) in [6, 6.07) is 0. The van der Waals surface area contributed by atoms with Crippen molar-refractivity contribution in [2.24, 2.45) is 28.6 Å². The first-order valence-electron chi connectivity index (χ1n) is 6.99. The summed E-state index contributed by atoms with van der Waals surface area (Å²) in [5, 5.41) is 10.5. The Hall–Kier alpha value is -0.0400. The maximum Gasteiger partial charge on any atom is 0.0658 e. The zero-order valence-electron chi connectivity index (χ0n) is 11.2. The molecule has 3 rings (SSSR count). The molecule has 0 amide bonds. The normalized spacial score (nSPS) is 58.7. The summed E-state index contributed by atoms with van der Waals surface area (Å²) in [5.41, 5.74) is 0.625. The molecule has 0 unspecified atom stereocenters. The van der Waals surface area contributed by atoms with Crippen molar-refractivity contribution >= 4 is 0 Å². The average molecular weight is 222 g/mol. The lowest BCUT2D eigenvalue weighted by Gasteiger charge is -2.66. The minimum absolute atomic E-state index is 0.361. The zero-order valence-corrected chi connectivity index (χ0v) is 11.2. The zero-order chi connectivity index (χ0) is 11.8. The lowest BCUT2D eigenvalue weighted by atomic mass is 9.40. The molecule has 3 fully saturated rings. The lowest BCUT2D eigenvalue weighted by Crippen LogP contribution is -2.65. The molecule has 0 radical (unpaired) electrons. The van der Waals surface area contributed by atoms with E-state index >= 15 is 0 Å². The van der Waals surface area contributed by atoms with Crippen molar-refractivity contribution in [2.45, 2.75) is 65.4 Å². The third-order valence-electron chi connectivity index (χ3n) is 6.15. The Labute approximate surface area is 99.6 Å². The van der Waals surface area contributed by atoms with E-state index in [1.807, 2.05) is 0 Å². The highest BCUT2D eigenvalue weighted by atomic mass is 16.3. The number of hydrogen-bond donors (Lipinski definition) is 1. The first-order valence-corrected chi connectivity index (χ1v) is 6.99. The van der Waals surface area contributed by atoms with Gasteiger partial charge in [-0.1, -0.05) is 20.8 Å². The van der Waals surface area contributed by atoms with E-state index < -0.39 is 0 Å². The number of aliphatic hydroxyl groups is 1. The fraction of sp³-hybridized carbons (Fsp3) is 1.00. The molecule has 3 saturated carbocycles. The molecule has 0 saturated heterocycles. The molecule has 0 aromatic carbocycles. The van der Waals surface area contributed by atoms with Crippen LogP contribution in [0.25, 0.3) is 0 Å². The molecule has 0 aromatic rings. The van der Waals surface area contributed by atoms with Crippen molar-refractivity contribution in [3.8, 4) is 0 Å². The van der Waals surface area contributed by atoms with Crippen LogP contribution in [-0.4, -0.2) is 10.7 Å². The van der Waals surface area contributed by atoms with Crippen molar-refractivity contribution in [3.05, 3.63) is 0 Å². The summed E-state index contributed by atoms with van der Waals surface area (Å²) in [6.07, 6.45) is 6.49. The van der Waals surface area contributed by atoms with Crippen LogP contribution >= 0.6 is 0 Å². The second-order valence-electron chi connectivity index (χ2n) is 8.01. The van der Waals surface area contributed by atoms with E-state index in [4.69, 9.17) is 0 Å². The Morgan fingerprint density at radius 2 is 1.81 bits per heavy atom. The van der Waals surface area contributed by atoms with Gasteiger partial charge in [0.1, 0.15) is 0 Å². The van der Waals surface area contributed by atoms with E-state index in [1.54, 1.807) is 0 Å². The Morgan fingerprint density at radius 3 is 2.44 bits per heavy atom. The molecule has 0 aliphatic heterocycles. The maximum atomic E-state index is 10.5. The molecule has 1 N–H and O–H groups in total. The van der Waals surface area contributed by atoms with Crippen molar-refractivity contribution in [1.29, 1.82) is 0 Å². The van der Waals surface area contributed by atoms with Crippen LogP contribution in [0.5, 0.6) is 0 Å². The van der Waals surface area contributed by atoms with Gasteiger partial charge >= 0.3 is 0 Å². The Morgan fingerprint density at radius 1 is 1.12 bits per heavy atom. The van der Waals surface area contributed by atoms with Gasteiger partial charge in [0.2, 0.25) is 0 Å². The van der Waals surface area contributed by atoms with Gasteiger partial charge in [0.05, 0.1) is 5.60 Å². The third kappa shape index (κ3) is 1.21. The van der Waals surface area contributed by atoms with Crippen molar-refractivity contribution in [3.63, 3.8) is 0 Å². The third-order valence-corrected chi connectivity index (χ3v) is 6.15. The van der Waals surface area contributed by atoms with E-state index in [2.05, 4.69) is 27.7 Å². The van der Waals surface area contributed by atoms with Crippen molar-refractivity contribution in [1.82, 2.24) is 0 Å². The summed E-state index contributed by atoms with van der Waals surface area (Å²) < 4.78 is 0. The van der Waals surface area contributed by atoms with E-state index in [0.717, 1.165) is 18.3 Å². The van der Waals surface area contributed by atoms with Crippen LogP contribution in [0.3, 0.4) is 0 Å². The molecular weight excluding hydrogens is 196 g/mol. The monoisotopic (exact) mass is 222 g/mol. The van der Waals surface area contributed by atoms with Crippen molar-refractivity contribution < 1.29 is 5.11 Å². The highest BCUT2D eigenvalue weighted by molar-refractivity contribution is 5.18. The van der Waals surface area contributed by atoms with Gasteiger partial charge in [0.15, 0.2) is 0 Å². The Balaban J connectivity index is 1.96. The second kappa shape index (κ2) is 2.85. The van der Waals surface area contributed by atoms with Crippen LogP contribution in [0.4, 0.5) is 0 Å². The van der Waals surface area contributed by atoms with E-state index in [9.17, 15) is 5.11 Å². The Bertz CT molecular complexity index is 317. The fourth-order valence-corrected chi connectivity index (χ4v) is 5.56. The largest absolute Gasteiger partial charge is 0.390 e. The van der Waals surface area contributed by atoms with Crippen molar-refractivity contribution in [2.75, 3.05) is 0 Å². The first kappa shape index (κ1) is 11.1. The molecule has 1 nitrogen and oxygen atoms in total. The minimum atomic E-state index is -0.361. The quantitative estimate of drug-likeness (QED) is 0.664. The van der Waals surface area contributed by atoms with Gasteiger partial charge in [-0.05, 0) is 67.6 Å². The van der Waals surface area contributed by atoms with Gasteiger partial charge in [0.25, 0.3) is 0 Å². The summed E-state index contributed by atoms with van der Waals surface area (Å²) in [4.78, 5) is 0. The molecule has 92 valence electrons. The van der Waals surface area contributed by atoms with Crippen LogP contribution in [0, 0.1) is 28.6 Å². The molecule has 3 aliphatic carbocycles. The summed E-state index contributed by atoms with van der Waals surface area (Å²) >= 11 is 0. The fourth-order valence-electron chi connectivity index (χ4n) is 5.56. The van der Waals surface area contributed by atoms with Gasteiger partial charge in [0, 0.05) is 0 Å². The molecule has 1 spiro atoms. The van der Waals surface area contributed by atoms with Gasteiger partial charge in [-0.25, -0.2) is 0 Å². The molecule has 0 bridgehead atoms. The van der Waals surface area contributed by atoms with Gasteiger partial charge < -0.3 is 5.11 Å². The van der Waals surface area contributed by atoms with Crippen LogP contribution in [0.15, 0.2) is 0 Å². The van der Waals surface area contributed by atoms with E-state index in [1.165, 1.54) is 25.7 Å². The van der Waals surface area contributed by atoms with Crippen LogP contribution < -0.4 is 0 Å². The first-order chi connectivity index (χ1) is 7.27. The average Bonchev–Trinajstić information content (AvgIpc) is 2.44. The molecule has 16 heavy (non-hydrogen) atoms. The predicted molar refractivity (Wildman–Crippen MR) is 66.1 cm³/mol. The number of hydrogen-bond acceptors (Lipinski definition) is 1. The second-order valence-corrected chi connectivity index (χ2v) is 8.01. The minimum Gasteiger partial charge on any atom is -0.390 e. The van der Waals surface area contributed by atoms with Crippen LogP contribution in [0.1, 0.15) is 59.8 Å². The predicted octanol–water partition coefficient (Wildman–Crippen LogP) is 3.61. The summed E-state index contributed by atoms with van der Waals surface area (Å²) in [5.74, 6) is 2.36. The maximum absolute atomic E-state index is 10.5. The van der Waals surface area contributed by atoms with E-state index in [-0.39, 0.29) is 5.60 Å². The van der Waals surface area contributed by atoms with Crippen LogP contribution in [-0.2, 0) is 0 Å².